The van der Waals surface area contributed by atoms with E-state index in [9.17, 15) is 5.26 Å². The van der Waals surface area contributed by atoms with Gasteiger partial charge in [-0.25, -0.2) is 0 Å². The van der Waals surface area contributed by atoms with Crippen molar-refractivity contribution in [2.75, 3.05) is 6.54 Å². The highest BCUT2D eigenvalue weighted by molar-refractivity contribution is 5.97. The summed E-state index contributed by atoms with van der Waals surface area (Å²) in [5.41, 5.74) is 2.30. The van der Waals surface area contributed by atoms with Gasteiger partial charge in [0.25, 0.3) is 0 Å². The number of hydrogen-bond donors (Lipinski definition) is 1. The van der Waals surface area contributed by atoms with Gasteiger partial charge >= 0.3 is 0 Å². The van der Waals surface area contributed by atoms with Gasteiger partial charge in [0.15, 0.2) is 6.19 Å². The molecule has 0 aliphatic heterocycles. The third-order valence-electron chi connectivity index (χ3n) is 3.14. The monoisotopic (exact) mass is 274 g/mol. The van der Waals surface area contributed by atoms with Gasteiger partial charge in [-0.2, -0.15) is 10.5 Å². The molecule has 4 heteroatoms. The number of nitriles is 2. The fraction of sp³-hybridized carbons (Fsp3) is 0.118. The highest BCUT2D eigenvalue weighted by Gasteiger charge is 2.11. The second-order valence-corrected chi connectivity index (χ2v) is 4.52. The molecule has 0 aliphatic carbocycles. The van der Waals surface area contributed by atoms with Crippen molar-refractivity contribution in [2.45, 2.75) is 6.42 Å². The Balaban J connectivity index is 2.05. The molecule has 0 fully saturated rings. The minimum atomic E-state index is 0.151. The molecule has 0 saturated carbocycles. The van der Waals surface area contributed by atoms with Crippen molar-refractivity contribution in [2.24, 2.45) is 0 Å². The average molecular weight is 274 g/mol. The molecule has 2 rings (SSSR count). The highest BCUT2D eigenvalue weighted by atomic mass is 15.2. The van der Waals surface area contributed by atoms with Gasteiger partial charge in [0.1, 0.15) is 5.84 Å². The maximum absolute atomic E-state index is 9.22. The summed E-state index contributed by atoms with van der Waals surface area (Å²) in [5, 5.41) is 26.1. The summed E-state index contributed by atoms with van der Waals surface area (Å²) in [4.78, 5) is 1.36. The fourth-order valence-electron chi connectivity index (χ4n) is 1.96. The van der Waals surface area contributed by atoms with Crippen molar-refractivity contribution in [3.63, 3.8) is 0 Å². The van der Waals surface area contributed by atoms with Crippen LogP contribution in [0.3, 0.4) is 0 Å². The van der Waals surface area contributed by atoms with Crippen LogP contribution in [0.1, 0.15) is 16.7 Å². The van der Waals surface area contributed by atoms with E-state index < -0.39 is 0 Å². The van der Waals surface area contributed by atoms with Crippen LogP contribution in [-0.2, 0) is 6.42 Å². The van der Waals surface area contributed by atoms with Crippen molar-refractivity contribution >= 4 is 5.84 Å². The second kappa shape index (κ2) is 6.88. The van der Waals surface area contributed by atoms with E-state index in [1.807, 2.05) is 42.6 Å². The molecule has 0 radical (unpaired) electrons. The second-order valence-electron chi connectivity index (χ2n) is 4.52. The number of rotatable bonds is 4. The largest absolute Gasteiger partial charge is 0.283 e. The van der Waals surface area contributed by atoms with Crippen LogP contribution >= 0.6 is 0 Å². The van der Waals surface area contributed by atoms with Crippen molar-refractivity contribution in [1.29, 1.82) is 15.9 Å². The molecule has 0 bridgehead atoms. The van der Waals surface area contributed by atoms with Gasteiger partial charge in [-0.3, -0.25) is 10.3 Å². The predicted molar refractivity (Wildman–Crippen MR) is 80.5 cm³/mol. The topological polar surface area (TPSA) is 74.7 Å². The van der Waals surface area contributed by atoms with E-state index in [1.165, 1.54) is 4.90 Å². The highest BCUT2D eigenvalue weighted by Crippen LogP contribution is 2.08. The Morgan fingerprint density at radius 1 is 1.00 bits per heavy atom. The number of hydrogen-bond acceptors (Lipinski definition) is 3. The van der Waals surface area contributed by atoms with Crippen LogP contribution in [-0.4, -0.2) is 17.3 Å². The Morgan fingerprint density at radius 2 is 1.67 bits per heavy atom. The smallest absolute Gasteiger partial charge is 0.185 e. The summed E-state index contributed by atoms with van der Waals surface area (Å²) in [6.07, 6.45) is 2.74. The molecule has 0 atom stereocenters. The zero-order chi connectivity index (χ0) is 15.1. The number of amidine groups is 1. The molecule has 0 aliphatic rings. The molecule has 1 N–H and O–H groups in total. The van der Waals surface area contributed by atoms with E-state index in [-0.39, 0.29) is 5.84 Å². The van der Waals surface area contributed by atoms with E-state index in [2.05, 4.69) is 0 Å². The van der Waals surface area contributed by atoms with Crippen LogP contribution in [0.15, 0.2) is 54.6 Å². The van der Waals surface area contributed by atoms with E-state index in [4.69, 9.17) is 10.7 Å². The Hall–Kier alpha value is -3.11. The van der Waals surface area contributed by atoms with Crippen molar-refractivity contribution in [1.82, 2.24) is 4.90 Å². The van der Waals surface area contributed by atoms with E-state index in [0.717, 1.165) is 5.56 Å². The molecule has 2 aromatic rings. The first-order chi connectivity index (χ1) is 10.2. The minimum absolute atomic E-state index is 0.151. The van der Waals surface area contributed by atoms with Crippen LogP contribution in [0.5, 0.6) is 0 Å². The van der Waals surface area contributed by atoms with Gasteiger partial charge in [0.05, 0.1) is 11.6 Å². The van der Waals surface area contributed by atoms with E-state index in [0.29, 0.717) is 24.1 Å². The molecule has 0 spiro atoms. The summed E-state index contributed by atoms with van der Waals surface area (Å²) in [5.74, 6) is 0.151. The van der Waals surface area contributed by atoms with E-state index in [1.54, 1.807) is 24.3 Å². The van der Waals surface area contributed by atoms with Gasteiger partial charge in [-0.1, -0.05) is 30.3 Å². The maximum Gasteiger partial charge on any atom is 0.185 e. The van der Waals surface area contributed by atoms with Gasteiger partial charge in [0, 0.05) is 12.1 Å². The lowest BCUT2D eigenvalue weighted by Gasteiger charge is -2.16. The zero-order valence-corrected chi connectivity index (χ0v) is 11.5. The Morgan fingerprint density at radius 3 is 2.24 bits per heavy atom. The molecule has 0 amide bonds. The van der Waals surface area contributed by atoms with Crippen LogP contribution in [0.2, 0.25) is 0 Å². The van der Waals surface area contributed by atoms with Crippen LogP contribution in [0.4, 0.5) is 0 Å². The average Bonchev–Trinajstić information content (AvgIpc) is 2.56. The molecule has 21 heavy (non-hydrogen) atoms. The third-order valence-corrected chi connectivity index (χ3v) is 3.14. The first-order valence-electron chi connectivity index (χ1n) is 6.55. The van der Waals surface area contributed by atoms with Gasteiger partial charge in [-0.05, 0) is 36.2 Å². The van der Waals surface area contributed by atoms with Gasteiger partial charge in [-0.15, -0.1) is 0 Å². The van der Waals surface area contributed by atoms with Crippen molar-refractivity contribution in [3.05, 3.63) is 71.3 Å². The summed E-state index contributed by atoms with van der Waals surface area (Å²) in [6, 6.07) is 18.6. The molecule has 4 nitrogen and oxygen atoms in total. The number of benzene rings is 2. The predicted octanol–water partition coefficient (Wildman–Crippen LogP) is 2.91. The van der Waals surface area contributed by atoms with Crippen molar-refractivity contribution in [3.8, 4) is 12.3 Å². The molecule has 102 valence electrons. The molecular weight excluding hydrogens is 260 g/mol. The molecule has 0 heterocycles. The Bertz CT molecular complexity index is 690. The lowest BCUT2D eigenvalue weighted by molar-refractivity contribution is 0.572. The normalized spacial score (nSPS) is 9.43. The SMILES string of the molecule is N#Cc1ccc(C(=N)N(C#N)CCc2ccccc2)cc1. The number of nitrogens with one attached hydrogen (secondary N) is 1. The fourth-order valence-corrected chi connectivity index (χ4v) is 1.96. The van der Waals surface area contributed by atoms with E-state index >= 15 is 0 Å². The molecular formula is C17H14N4. The lowest BCUT2D eigenvalue weighted by atomic mass is 10.1. The van der Waals surface area contributed by atoms with Gasteiger partial charge in [0.2, 0.25) is 0 Å². The number of nitrogens with zero attached hydrogens (tertiary/aromatic N) is 3. The lowest BCUT2D eigenvalue weighted by Crippen LogP contribution is -2.28. The third kappa shape index (κ3) is 3.68. The quantitative estimate of drug-likeness (QED) is 0.403. The zero-order valence-electron chi connectivity index (χ0n) is 11.5. The summed E-state index contributed by atoms with van der Waals surface area (Å²) in [7, 11) is 0. The molecule has 0 aromatic heterocycles. The van der Waals surface area contributed by atoms with Crippen LogP contribution in [0.25, 0.3) is 0 Å². The summed E-state index contributed by atoms with van der Waals surface area (Å²) >= 11 is 0. The van der Waals surface area contributed by atoms with Gasteiger partial charge < -0.3 is 0 Å². The molecule has 0 unspecified atom stereocenters. The van der Waals surface area contributed by atoms with Crippen LogP contribution < -0.4 is 0 Å². The summed E-state index contributed by atoms with van der Waals surface area (Å²) < 4.78 is 0. The Kier molecular flexibility index (Phi) is 4.69. The summed E-state index contributed by atoms with van der Waals surface area (Å²) in [6.45, 7) is 0.458. The first-order valence-corrected chi connectivity index (χ1v) is 6.55. The molecule has 2 aromatic carbocycles. The van der Waals surface area contributed by atoms with Crippen LogP contribution in [0, 0.1) is 28.2 Å². The molecule has 0 saturated heterocycles. The first kappa shape index (κ1) is 14.3. The van der Waals surface area contributed by atoms with Crippen molar-refractivity contribution < 1.29 is 0 Å². The Labute approximate surface area is 124 Å². The maximum atomic E-state index is 9.22. The minimum Gasteiger partial charge on any atom is -0.283 e. The standard InChI is InChI=1S/C17H14N4/c18-12-15-6-8-16(9-7-15)17(20)21(13-19)11-10-14-4-2-1-3-5-14/h1-9,20H,10-11H2.